The molecule has 1 saturated carbocycles. The number of anilines is 1. The number of nitrogens with zero attached hydrogens (tertiary/aromatic N) is 1. The van der Waals surface area contributed by atoms with Crippen molar-refractivity contribution in [1.29, 1.82) is 0 Å². The van der Waals surface area contributed by atoms with Crippen molar-refractivity contribution >= 4 is 17.5 Å². The third-order valence-electron chi connectivity index (χ3n) is 4.77. The van der Waals surface area contributed by atoms with Crippen LogP contribution < -0.4 is 10.2 Å². The Labute approximate surface area is 131 Å². The van der Waals surface area contributed by atoms with E-state index in [1.54, 1.807) is 4.90 Å². The molecular formula is C18H24N2O2. The highest BCUT2D eigenvalue weighted by Crippen LogP contribution is 2.27. The minimum atomic E-state index is -0.353. The van der Waals surface area contributed by atoms with Gasteiger partial charge in [0.25, 0.3) is 0 Å². The Morgan fingerprint density at radius 3 is 2.36 bits per heavy atom. The Morgan fingerprint density at radius 2 is 1.73 bits per heavy atom. The fourth-order valence-corrected chi connectivity index (χ4v) is 3.65. The lowest BCUT2D eigenvalue weighted by molar-refractivity contribution is -0.129. The van der Waals surface area contributed by atoms with Crippen molar-refractivity contribution in [3.05, 3.63) is 29.3 Å². The zero-order valence-electron chi connectivity index (χ0n) is 13.4. The predicted molar refractivity (Wildman–Crippen MR) is 86.8 cm³/mol. The standard InChI is InChI=1S/C18H24N2O2/c1-12-9-13(2)11-15(10-12)20-8-7-16(18(20)22)19-17(21)14-5-3-4-6-14/h9-11,14,16H,3-8H2,1-2H3,(H,19,21). The van der Waals surface area contributed by atoms with Crippen LogP contribution in [0.2, 0.25) is 0 Å². The number of hydrogen-bond acceptors (Lipinski definition) is 2. The van der Waals surface area contributed by atoms with E-state index in [-0.39, 0.29) is 23.8 Å². The third kappa shape index (κ3) is 3.01. The number of carbonyl (C=O) groups is 2. The van der Waals surface area contributed by atoms with Crippen LogP contribution in [0.1, 0.15) is 43.2 Å². The Morgan fingerprint density at radius 1 is 1.09 bits per heavy atom. The van der Waals surface area contributed by atoms with E-state index in [1.165, 1.54) is 0 Å². The third-order valence-corrected chi connectivity index (χ3v) is 4.77. The fourth-order valence-electron chi connectivity index (χ4n) is 3.65. The van der Waals surface area contributed by atoms with Crippen LogP contribution in [0.4, 0.5) is 5.69 Å². The minimum absolute atomic E-state index is 0.0244. The molecule has 2 amide bonds. The number of hydrogen-bond donors (Lipinski definition) is 1. The SMILES string of the molecule is Cc1cc(C)cc(N2CCC(NC(=O)C3CCCC3)C2=O)c1. The van der Waals surface area contributed by atoms with E-state index < -0.39 is 0 Å². The average molecular weight is 300 g/mol. The van der Waals surface area contributed by atoms with Crippen LogP contribution in [0.5, 0.6) is 0 Å². The molecule has 1 aromatic carbocycles. The van der Waals surface area contributed by atoms with Crippen molar-refractivity contribution < 1.29 is 9.59 Å². The van der Waals surface area contributed by atoms with E-state index in [9.17, 15) is 9.59 Å². The molecule has 2 aliphatic rings. The summed E-state index contributed by atoms with van der Waals surface area (Å²) >= 11 is 0. The first kappa shape index (κ1) is 15.1. The topological polar surface area (TPSA) is 49.4 Å². The Balaban J connectivity index is 1.67. The maximum atomic E-state index is 12.6. The summed E-state index contributed by atoms with van der Waals surface area (Å²) in [5.41, 5.74) is 3.25. The summed E-state index contributed by atoms with van der Waals surface area (Å²) in [6.07, 6.45) is 4.89. The lowest BCUT2D eigenvalue weighted by Gasteiger charge is -2.19. The van der Waals surface area contributed by atoms with Crippen molar-refractivity contribution in [2.24, 2.45) is 5.92 Å². The molecule has 1 aliphatic heterocycles. The molecule has 1 aromatic rings. The van der Waals surface area contributed by atoms with Gasteiger partial charge in [0, 0.05) is 18.2 Å². The second-order valence-electron chi connectivity index (χ2n) is 6.67. The van der Waals surface area contributed by atoms with E-state index in [0.29, 0.717) is 13.0 Å². The highest BCUT2D eigenvalue weighted by molar-refractivity contribution is 6.01. The van der Waals surface area contributed by atoms with Crippen LogP contribution in [0.15, 0.2) is 18.2 Å². The molecule has 1 aliphatic carbocycles. The van der Waals surface area contributed by atoms with Gasteiger partial charge in [0.1, 0.15) is 6.04 Å². The van der Waals surface area contributed by atoms with Gasteiger partial charge in [0.15, 0.2) is 0 Å². The van der Waals surface area contributed by atoms with E-state index in [0.717, 1.165) is 42.5 Å². The summed E-state index contributed by atoms with van der Waals surface area (Å²) in [7, 11) is 0. The Bertz CT molecular complexity index is 570. The van der Waals surface area contributed by atoms with Crippen LogP contribution in [0, 0.1) is 19.8 Å². The first-order chi connectivity index (χ1) is 10.5. The first-order valence-corrected chi connectivity index (χ1v) is 8.24. The molecular weight excluding hydrogens is 276 g/mol. The predicted octanol–water partition coefficient (Wildman–Crippen LogP) is 2.72. The summed E-state index contributed by atoms with van der Waals surface area (Å²) in [5, 5.41) is 2.97. The van der Waals surface area contributed by atoms with E-state index in [2.05, 4.69) is 11.4 Å². The summed E-state index contributed by atoms with van der Waals surface area (Å²) in [4.78, 5) is 26.6. The van der Waals surface area contributed by atoms with E-state index >= 15 is 0 Å². The number of amides is 2. The largest absolute Gasteiger partial charge is 0.344 e. The summed E-state index contributed by atoms with van der Waals surface area (Å²) in [5.74, 6) is 0.206. The first-order valence-electron chi connectivity index (χ1n) is 8.24. The smallest absolute Gasteiger partial charge is 0.249 e. The zero-order valence-corrected chi connectivity index (χ0v) is 13.4. The lowest BCUT2D eigenvalue weighted by Crippen LogP contribution is -2.43. The fraction of sp³-hybridized carbons (Fsp3) is 0.556. The molecule has 1 heterocycles. The summed E-state index contributed by atoms with van der Waals surface area (Å²) in [6.45, 7) is 4.75. The maximum absolute atomic E-state index is 12.6. The van der Waals surface area contributed by atoms with Gasteiger partial charge in [-0.1, -0.05) is 18.9 Å². The molecule has 4 nitrogen and oxygen atoms in total. The molecule has 0 bridgehead atoms. The molecule has 0 radical (unpaired) electrons. The van der Waals surface area contributed by atoms with Crippen LogP contribution in [-0.2, 0) is 9.59 Å². The molecule has 118 valence electrons. The van der Waals surface area contributed by atoms with Gasteiger partial charge in [-0.2, -0.15) is 0 Å². The summed E-state index contributed by atoms with van der Waals surface area (Å²) < 4.78 is 0. The molecule has 1 saturated heterocycles. The molecule has 1 N–H and O–H groups in total. The van der Waals surface area contributed by atoms with Gasteiger partial charge in [-0.15, -0.1) is 0 Å². The van der Waals surface area contributed by atoms with Gasteiger partial charge in [0.05, 0.1) is 0 Å². The molecule has 0 spiro atoms. The zero-order chi connectivity index (χ0) is 15.7. The quantitative estimate of drug-likeness (QED) is 0.933. The molecule has 0 aromatic heterocycles. The van der Waals surface area contributed by atoms with Gasteiger partial charge in [-0.05, 0) is 56.4 Å². The van der Waals surface area contributed by atoms with Crippen molar-refractivity contribution in [3.63, 3.8) is 0 Å². The van der Waals surface area contributed by atoms with E-state index in [4.69, 9.17) is 0 Å². The molecule has 4 heteroatoms. The molecule has 1 unspecified atom stereocenters. The van der Waals surface area contributed by atoms with Crippen LogP contribution in [0.25, 0.3) is 0 Å². The summed E-state index contributed by atoms with van der Waals surface area (Å²) in [6, 6.07) is 5.82. The highest BCUT2D eigenvalue weighted by atomic mass is 16.2. The Hall–Kier alpha value is -1.84. The van der Waals surface area contributed by atoms with Gasteiger partial charge < -0.3 is 10.2 Å². The average Bonchev–Trinajstić information content (AvgIpc) is 3.09. The second kappa shape index (κ2) is 6.11. The molecule has 2 fully saturated rings. The van der Waals surface area contributed by atoms with Gasteiger partial charge in [0.2, 0.25) is 11.8 Å². The van der Waals surface area contributed by atoms with Crippen molar-refractivity contribution in [3.8, 4) is 0 Å². The number of aryl methyl sites for hydroxylation is 2. The normalized spacial score (nSPS) is 22.4. The van der Waals surface area contributed by atoms with Crippen molar-refractivity contribution in [2.45, 2.75) is 52.0 Å². The number of carbonyl (C=O) groups excluding carboxylic acids is 2. The Kier molecular flexibility index (Phi) is 4.19. The molecule has 22 heavy (non-hydrogen) atoms. The van der Waals surface area contributed by atoms with Crippen LogP contribution >= 0.6 is 0 Å². The van der Waals surface area contributed by atoms with Gasteiger partial charge >= 0.3 is 0 Å². The van der Waals surface area contributed by atoms with Gasteiger partial charge in [-0.3, -0.25) is 9.59 Å². The van der Waals surface area contributed by atoms with E-state index in [1.807, 2.05) is 26.0 Å². The number of nitrogens with one attached hydrogen (secondary N) is 1. The second-order valence-corrected chi connectivity index (χ2v) is 6.67. The minimum Gasteiger partial charge on any atom is -0.344 e. The monoisotopic (exact) mass is 300 g/mol. The number of benzene rings is 1. The molecule has 3 rings (SSSR count). The maximum Gasteiger partial charge on any atom is 0.249 e. The van der Waals surface area contributed by atoms with Crippen LogP contribution in [-0.4, -0.2) is 24.4 Å². The highest BCUT2D eigenvalue weighted by Gasteiger charge is 2.35. The van der Waals surface area contributed by atoms with Crippen molar-refractivity contribution in [2.75, 3.05) is 11.4 Å². The van der Waals surface area contributed by atoms with Crippen LogP contribution in [0.3, 0.4) is 0 Å². The van der Waals surface area contributed by atoms with Crippen molar-refractivity contribution in [1.82, 2.24) is 5.32 Å². The van der Waals surface area contributed by atoms with Gasteiger partial charge in [-0.25, -0.2) is 0 Å². The lowest BCUT2D eigenvalue weighted by atomic mass is 10.1. The molecule has 1 atom stereocenters. The number of rotatable bonds is 3.